The molecule has 0 aliphatic carbocycles. The minimum absolute atomic E-state index is 0.210. The van der Waals surface area contributed by atoms with Gasteiger partial charge in [-0.1, -0.05) is 29.8 Å². The van der Waals surface area contributed by atoms with Gasteiger partial charge >= 0.3 is 0 Å². The third-order valence-corrected chi connectivity index (χ3v) is 3.35. The Kier molecular flexibility index (Phi) is 4.88. The van der Waals surface area contributed by atoms with Crippen molar-refractivity contribution in [1.82, 2.24) is 0 Å². The summed E-state index contributed by atoms with van der Waals surface area (Å²) >= 11 is 6.12. The van der Waals surface area contributed by atoms with Crippen molar-refractivity contribution < 1.29 is 9.47 Å². The van der Waals surface area contributed by atoms with Gasteiger partial charge in [0.25, 0.3) is 0 Å². The molecule has 3 nitrogen and oxygen atoms in total. The molecule has 20 heavy (non-hydrogen) atoms. The monoisotopic (exact) mass is 291 g/mol. The normalized spacial score (nSPS) is 12.0. The van der Waals surface area contributed by atoms with Gasteiger partial charge in [0.15, 0.2) is 0 Å². The fourth-order valence-corrected chi connectivity index (χ4v) is 2.14. The molecule has 0 radical (unpaired) electrons. The Morgan fingerprint density at radius 2 is 1.85 bits per heavy atom. The smallest absolute Gasteiger partial charge is 0.138 e. The first-order chi connectivity index (χ1) is 9.60. The number of aryl methyl sites for hydroxylation is 1. The van der Waals surface area contributed by atoms with Crippen LogP contribution >= 0.6 is 11.6 Å². The van der Waals surface area contributed by atoms with Crippen LogP contribution in [0.3, 0.4) is 0 Å². The van der Waals surface area contributed by atoms with Gasteiger partial charge in [-0.2, -0.15) is 0 Å². The highest BCUT2D eigenvalue weighted by molar-refractivity contribution is 6.32. The van der Waals surface area contributed by atoms with Gasteiger partial charge in [0.1, 0.15) is 18.1 Å². The van der Waals surface area contributed by atoms with Crippen LogP contribution in [0.5, 0.6) is 11.5 Å². The second kappa shape index (κ2) is 6.64. The summed E-state index contributed by atoms with van der Waals surface area (Å²) in [5.74, 6) is 1.46. The minimum Gasteiger partial charge on any atom is -0.497 e. The zero-order valence-corrected chi connectivity index (χ0v) is 12.4. The van der Waals surface area contributed by atoms with Crippen molar-refractivity contribution >= 4 is 11.6 Å². The fraction of sp³-hybridized carbons (Fsp3) is 0.250. The van der Waals surface area contributed by atoms with Gasteiger partial charge in [0, 0.05) is 0 Å². The Morgan fingerprint density at radius 1 is 1.15 bits per heavy atom. The molecule has 0 spiro atoms. The molecule has 2 aromatic rings. The number of rotatable bonds is 5. The number of methoxy groups -OCH3 is 1. The summed E-state index contributed by atoms with van der Waals surface area (Å²) in [4.78, 5) is 0. The highest BCUT2D eigenvalue weighted by Crippen LogP contribution is 2.26. The van der Waals surface area contributed by atoms with E-state index in [9.17, 15) is 0 Å². The predicted octanol–water partition coefficient (Wildman–Crippen LogP) is 3.74. The third kappa shape index (κ3) is 3.65. The van der Waals surface area contributed by atoms with E-state index in [1.54, 1.807) is 7.11 Å². The van der Waals surface area contributed by atoms with Crippen molar-refractivity contribution in [3.05, 3.63) is 58.6 Å². The van der Waals surface area contributed by atoms with Gasteiger partial charge in [-0.15, -0.1) is 0 Å². The van der Waals surface area contributed by atoms with Gasteiger partial charge in [-0.05, 0) is 42.3 Å². The molecule has 4 heteroatoms. The molecule has 1 unspecified atom stereocenters. The van der Waals surface area contributed by atoms with Crippen molar-refractivity contribution in [2.24, 2.45) is 5.73 Å². The van der Waals surface area contributed by atoms with Crippen LogP contribution in [0.4, 0.5) is 0 Å². The molecule has 0 bridgehead atoms. The molecule has 0 amide bonds. The predicted molar refractivity (Wildman–Crippen MR) is 81.6 cm³/mol. The molecule has 2 aromatic carbocycles. The van der Waals surface area contributed by atoms with Gasteiger partial charge in [-0.25, -0.2) is 0 Å². The largest absolute Gasteiger partial charge is 0.497 e. The second-order valence-corrected chi connectivity index (χ2v) is 5.03. The van der Waals surface area contributed by atoms with Gasteiger partial charge in [0.2, 0.25) is 0 Å². The highest BCUT2D eigenvalue weighted by atomic mass is 35.5. The van der Waals surface area contributed by atoms with Crippen molar-refractivity contribution in [3.63, 3.8) is 0 Å². The van der Waals surface area contributed by atoms with E-state index in [0.717, 1.165) is 16.9 Å². The Labute approximate surface area is 124 Å². The van der Waals surface area contributed by atoms with Gasteiger partial charge in [0.05, 0.1) is 18.2 Å². The lowest BCUT2D eigenvalue weighted by Crippen LogP contribution is -2.19. The molecule has 0 aromatic heterocycles. The number of hydrogen-bond acceptors (Lipinski definition) is 3. The summed E-state index contributed by atoms with van der Waals surface area (Å²) in [6, 6.07) is 13.1. The maximum Gasteiger partial charge on any atom is 0.138 e. The molecule has 2 N–H and O–H groups in total. The standard InChI is InChI=1S/C16H18ClNO2/c1-11-3-8-16(14(17)9-11)20-10-15(18)12-4-6-13(19-2)7-5-12/h3-9,15H,10,18H2,1-2H3. The molecule has 0 fully saturated rings. The number of benzene rings is 2. The lowest BCUT2D eigenvalue weighted by Gasteiger charge is -2.15. The zero-order valence-electron chi connectivity index (χ0n) is 11.6. The summed E-state index contributed by atoms with van der Waals surface area (Å²) in [5, 5.41) is 0.604. The minimum atomic E-state index is -0.210. The third-order valence-electron chi connectivity index (χ3n) is 3.05. The van der Waals surface area contributed by atoms with Crippen LogP contribution in [-0.2, 0) is 0 Å². The van der Waals surface area contributed by atoms with Crippen molar-refractivity contribution in [3.8, 4) is 11.5 Å². The van der Waals surface area contributed by atoms with Crippen LogP contribution < -0.4 is 15.2 Å². The molecule has 106 valence electrons. The average Bonchev–Trinajstić information content (AvgIpc) is 2.46. The topological polar surface area (TPSA) is 44.5 Å². The molecule has 0 aliphatic rings. The van der Waals surface area contributed by atoms with Crippen LogP contribution in [-0.4, -0.2) is 13.7 Å². The van der Waals surface area contributed by atoms with E-state index in [0.29, 0.717) is 17.4 Å². The van der Waals surface area contributed by atoms with Crippen molar-refractivity contribution in [2.45, 2.75) is 13.0 Å². The van der Waals surface area contributed by atoms with E-state index >= 15 is 0 Å². The maximum atomic E-state index is 6.12. The highest BCUT2D eigenvalue weighted by Gasteiger charge is 2.09. The zero-order chi connectivity index (χ0) is 14.5. The van der Waals surface area contributed by atoms with E-state index < -0.39 is 0 Å². The summed E-state index contributed by atoms with van der Waals surface area (Å²) in [6.45, 7) is 2.36. The first-order valence-electron chi connectivity index (χ1n) is 6.38. The van der Waals surface area contributed by atoms with Crippen LogP contribution in [0, 0.1) is 6.92 Å². The van der Waals surface area contributed by atoms with E-state index in [1.807, 2.05) is 49.4 Å². The summed E-state index contributed by atoms with van der Waals surface area (Å²) in [5.41, 5.74) is 8.20. The van der Waals surface area contributed by atoms with Crippen LogP contribution in [0.1, 0.15) is 17.2 Å². The van der Waals surface area contributed by atoms with Gasteiger partial charge < -0.3 is 15.2 Å². The molecular formula is C16H18ClNO2. The van der Waals surface area contributed by atoms with Crippen molar-refractivity contribution in [2.75, 3.05) is 13.7 Å². The molecule has 0 saturated heterocycles. The summed E-state index contributed by atoms with van der Waals surface area (Å²) < 4.78 is 10.8. The number of halogens is 1. The first-order valence-corrected chi connectivity index (χ1v) is 6.76. The Balaban J connectivity index is 1.98. The number of hydrogen-bond donors (Lipinski definition) is 1. The Bertz CT molecular complexity index is 569. The SMILES string of the molecule is COc1ccc(C(N)COc2ccc(C)cc2Cl)cc1. The first kappa shape index (κ1) is 14.7. The molecule has 2 rings (SSSR count). The number of nitrogens with two attached hydrogens (primary N) is 1. The van der Waals surface area contributed by atoms with E-state index in [4.69, 9.17) is 26.8 Å². The molecule has 0 heterocycles. The van der Waals surface area contributed by atoms with Crippen LogP contribution in [0.2, 0.25) is 5.02 Å². The van der Waals surface area contributed by atoms with E-state index in [2.05, 4.69) is 0 Å². The van der Waals surface area contributed by atoms with E-state index in [1.165, 1.54) is 0 Å². The number of ether oxygens (including phenoxy) is 2. The summed E-state index contributed by atoms with van der Waals surface area (Å²) in [7, 11) is 1.64. The lowest BCUT2D eigenvalue weighted by molar-refractivity contribution is 0.290. The second-order valence-electron chi connectivity index (χ2n) is 4.62. The molecular weight excluding hydrogens is 274 g/mol. The Hall–Kier alpha value is -1.71. The molecule has 0 saturated carbocycles. The van der Waals surface area contributed by atoms with Crippen molar-refractivity contribution in [1.29, 1.82) is 0 Å². The quantitative estimate of drug-likeness (QED) is 0.913. The van der Waals surface area contributed by atoms with Crippen LogP contribution in [0.25, 0.3) is 0 Å². The molecule has 0 aliphatic heterocycles. The summed E-state index contributed by atoms with van der Waals surface area (Å²) in [6.07, 6.45) is 0. The van der Waals surface area contributed by atoms with E-state index in [-0.39, 0.29) is 6.04 Å². The van der Waals surface area contributed by atoms with Crippen LogP contribution in [0.15, 0.2) is 42.5 Å². The molecule has 1 atom stereocenters. The average molecular weight is 292 g/mol. The Morgan fingerprint density at radius 3 is 2.45 bits per heavy atom. The maximum absolute atomic E-state index is 6.12. The van der Waals surface area contributed by atoms with Gasteiger partial charge in [-0.3, -0.25) is 0 Å². The lowest BCUT2D eigenvalue weighted by atomic mass is 10.1. The fourth-order valence-electron chi connectivity index (χ4n) is 1.85.